The van der Waals surface area contributed by atoms with E-state index < -0.39 is 27.6 Å². The lowest BCUT2D eigenvalue weighted by Gasteiger charge is -2.19. The number of carbonyl (C=O) groups excluding carboxylic acids is 6. The number of hydroxylamine groups is 2. The maximum atomic E-state index is 11.4. The fraction of sp³-hybridized carbons (Fsp3) is 0.829. The Kier molecular flexibility index (Phi) is 90.2. The molecule has 0 atom stereocenters. The second-order valence-electron chi connectivity index (χ2n) is 46.8. The van der Waals surface area contributed by atoms with Crippen LogP contribution in [0.25, 0.3) is 0 Å². The third-order valence-corrected chi connectivity index (χ3v) is 23.1. The van der Waals surface area contributed by atoms with Gasteiger partial charge in [-0.05, 0) is 234 Å². The Labute approximate surface area is 816 Å². The quantitative estimate of drug-likeness (QED) is 0.0240. The molecule has 0 bridgehead atoms. The van der Waals surface area contributed by atoms with Crippen molar-refractivity contribution in [1.82, 2.24) is 20.6 Å². The molecule has 4 N–H and O–H groups in total. The third kappa shape index (κ3) is 128. The van der Waals surface area contributed by atoms with Gasteiger partial charge in [-0.3, -0.25) is 34.3 Å². The molecule has 1 fully saturated rings. The van der Waals surface area contributed by atoms with Gasteiger partial charge in [-0.15, -0.1) is 5.06 Å². The molecule has 2 aliphatic rings. The van der Waals surface area contributed by atoms with Gasteiger partial charge in [-0.1, -0.05) is 358 Å². The zero-order valence-corrected chi connectivity index (χ0v) is 94.5. The van der Waals surface area contributed by atoms with Crippen molar-refractivity contribution < 1.29 is 52.2 Å². The molecule has 0 spiro atoms. The number of rotatable bonds is 44. The second kappa shape index (κ2) is 81.8. The summed E-state index contributed by atoms with van der Waals surface area (Å²) < 4.78 is 27.0. The first kappa shape index (κ1) is 143. The lowest BCUT2D eigenvalue weighted by molar-refractivity contribution is -0.197. The summed E-state index contributed by atoms with van der Waals surface area (Å²) in [6.07, 6.45) is 43.8. The molecular formula is C111H219N6O10S3+. The molecule has 0 unspecified atom stereocenters. The highest BCUT2D eigenvalue weighted by Crippen LogP contribution is 2.30. The van der Waals surface area contributed by atoms with Gasteiger partial charge >= 0.3 is 5.97 Å². The lowest BCUT2D eigenvalue weighted by atomic mass is 9.89. The van der Waals surface area contributed by atoms with Gasteiger partial charge in [0.1, 0.15) is 5.71 Å². The second-order valence-corrected chi connectivity index (χ2v) is 51.6. The van der Waals surface area contributed by atoms with E-state index in [-0.39, 0.29) is 55.6 Å². The standard InChI is InChI=1S/C15H24.C13H21NO4.C12H19NO2.C11H23NO.C10H21N.C10H19N.C10H20O2S.C9H21N.C9H20O.C9H20S2.C2H6.CH4/c1-13-8-10-14(11-9-13)7-5-6-12-15(2,3)4;1-13(2,3)9-5-4-6-12(17)18-14-10(15)7-8-11(14)16;1-12(2,3)8-4-5-9-13-10(14)6-7-11(13)15;1-5-10(13)12-9-7-6-8-11(2,3)4;1-9(11)7-5-6-8-10(2,3)4;1-5-11-9-7-6-8-10(2,3)4;1-5-13(11,12)9-7-6-8-10(2,3)4;2*1-9(2,3)7-5-6-8-10-4;1-9(2,3)7-5-6-8-11-10-4;1-2;/h8-11H,5-7,12H2,1-4H3;4-9H2,1-3H3;6-7H,4-5,8-9H2,1-3H3;5-9H2,1-4H3,(H,12,13);11H,5-8H2,1-4H3;1,6-9H2,2-4H3;5H,1,6-9H2,2-4H3;10H,5-8H2,1-4H3;5-8H2,1-4H3;5-8H2,1-4H3;1-2H3;1H4/p+1. The van der Waals surface area contributed by atoms with Crippen LogP contribution in [0.2, 0.25) is 0 Å². The number of hydrogen-bond acceptors (Lipinski definition) is 14. The minimum Gasteiger partial charge on any atom is -0.385 e. The molecule has 0 aliphatic carbocycles. The number of sulfone groups is 1. The van der Waals surface area contributed by atoms with Crippen LogP contribution in [0, 0.1) is 61.1 Å². The largest absolute Gasteiger partial charge is 0.385 e. The molecule has 16 nitrogen and oxygen atoms in total. The number of imide groups is 2. The van der Waals surface area contributed by atoms with Gasteiger partial charge in [0.15, 0.2) is 9.84 Å². The number of ether oxygens (including phenoxy) is 1. The SMILES string of the molecule is C.C=C=NCCCCC(C)(C)C.C=CS(=O)(=O)CCCCC(C)(C)C.CC.CC(=[NH2+])CCCCC(C)(C)C.CC(C)(C)CCCCC(=O)ON1C(=O)CCC1=O.CC(C)(C)CCCCN1C(=O)C=CC1=O.CCC(=O)NCCCCC(C)(C)C.CNCCCCC(C)(C)C.COCCCCC(C)(C)C.CSSCCCCC(C)(C)C.Cc1ccc(CCCCC(C)(C)C)cc1. The van der Waals surface area contributed by atoms with E-state index in [0.29, 0.717) is 73.2 Å². The fourth-order valence-corrected chi connectivity index (χ4v) is 14.1. The summed E-state index contributed by atoms with van der Waals surface area (Å²) in [6, 6.07) is 8.93. The Morgan fingerprint density at radius 3 is 1.22 bits per heavy atom. The first-order chi connectivity index (χ1) is 59.0. The van der Waals surface area contributed by atoms with Crippen LogP contribution >= 0.6 is 21.6 Å². The summed E-state index contributed by atoms with van der Waals surface area (Å²) >= 11 is 0. The molecule has 3 rings (SSSR count). The van der Waals surface area contributed by atoms with Gasteiger partial charge in [0.25, 0.3) is 23.6 Å². The summed E-state index contributed by atoms with van der Waals surface area (Å²) in [5.74, 6) is 2.56. The molecule has 1 saturated heterocycles. The normalized spacial score (nSPS) is 12.8. The van der Waals surface area contributed by atoms with Gasteiger partial charge in [-0.2, -0.15) is 0 Å². The maximum Gasteiger partial charge on any atom is 0.333 e. The van der Waals surface area contributed by atoms with Crippen LogP contribution in [0.4, 0.5) is 0 Å². The molecule has 0 aromatic heterocycles. The van der Waals surface area contributed by atoms with Gasteiger partial charge in [0.2, 0.25) is 5.91 Å². The Balaban J connectivity index is -0.000000179. The molecular weight excluding hydrogens is 1670 g/mol. The molecule has 0 saturated carbocycles. The van der Waals surface area contributed by atoms with Gasteiger partial charge in [0, 0.05) is 95.7 Å². The minimum absolute atomic E-state index is 0. The lowest BCUT2D eigenvalue weighted by Crippen LogP contribution is -2.37. The zero-order valence-electron chi connectivity index (χ0n) is 92.1. The highest BCUT2D eigenvalue weighted by molar-refractivity contribution is 8.76. The van der Waals surface area contributed by atoms with Crippen LogP contribution in [-0.4, -0.2) is 130 Å². The molecule has 2 heterocycles. The van der Waals surface area contributed by atoms with Crippen molar-refractivity contribution >= 4 is 78.5 Å². The van der Waals surface area contributed by atoms with Gasteiger partial charge in [-0.25, -0.2) is 18.2 Å². The average molecular weight is 1890 g/mol. The van der Waals surface area contributed by atoms with Gasteiger partial charge < -0.3 is 20.2 Å². The van der Waals surface area contributed by atoms with Crippen molar-refractivity contribution in [2.75, 3.05) is 64.7 Å². The first-order valence-corrected chi connectivity index (χ1v) is 54.3. The average Bonchev–Trinajstić information content (AvgIpc) is 1.73. The van der Waals surface area contributed by atoms with E-state index in [4.69, 9.17) is 15.0 Å². The predicted molar refractivity (Wildman–Crippen MR) is 578 cm³/mol. The molecule has 130 heavy (non-hydrogen) atoms. The third-order valence-electron chi connectivity index (χ3n) is 19.8. The minimum atomic E-state index is -2.97. The van der Waals surface area contributed by atoms with Crippen molar-refractivity contribution in [3.8, 4) is 0 Å². The van der Waals surface area contributed by atoms with Crippen LogP contribution in [0.5, 0.6) is 0 Å². The predicted octanol–water partition coefficient (Wildman–Crippen LogP) is 30.6. The number of amides is 5. The van der Waals surface area contributed by atoms with E-state index in [0.717, 1.165) is 102 Å². The van der Waals surface area contributed by atoms with Crippen molar-refractivity contribution in [3.05, 3.63) is 66.1 Å². The number of methoxy groups -OCH3 is 1. The summed E-state index contributed by atoms with van der Waals surface area (Å²) in [4.78, 5) is 77.1. The molecule has 5 amide bonds. The molecule has 0 radical (unpaired) electrons. The summed E-state index contributed by atoms with van der Waals surface area (Å²) in [7, 11) is 4.65. The number of nitrogens with one attached hydrogen (secondary N) is 2. The Morgan fingerprint density at radius 1 is 0.515 bits per heavy atom. The molecule has 770 valence electrons. The van der Waals surface area contributed by atoms with E-state index in [1.807, 2.05) is 56.3 Å². The smallest absolute Gasteiger partial charge is 0.333 e. The number of nitrogens with two attached hydrogens (primary N) is 1. The van der Waals surface area contributed by atoms with Crippen LogP contribution in [0.1, 0.15) is 479 Å². The Bertz CT molecular complexity index is 3070. The summed E-state index contributed by atoms with van der Waals surface area (Å²) in [5.41, 5.74) is 8.22. The molecule has 2 aliphatic heterocycles. The molecule has 1 aromatic carbocycles. The van der Waals surface area contributed by atoms with Crippen molar-refractivity contribution in [1.29, 1.82) is 0 Å². The number of hydrogen-bond donors (Lipinski definition) is 3. The van der Waals surface area contributed by atoms with Crippen molar-refractivity contribution in [2.24, 2.45) is 59.1 Å². The topological polar surface area (TPSA) is 224 Å². The van der Waals surface area contributed by atoms with Crippen LogP contribution in [-0.2, 0) is 54.6 Å². The maximum absolute atomic E-state index is 11.4. The number of nitrogens with zero attached hydrogens (tertiary/aromatic N) is 3. The number of aliphatic imine (C=N–C) groups is 1. The number of unbranched alkanes of at least 4 members (excludes halogenated alkanes) is 10. The first-order valence-electron chi connectivity index (χ1n) is 49.9. The van der Waals surface area contributed by atoms with Gasteiger partial charge in [0.05, 0.1) is 5.75 Å². The summed E-state index contributed by atoms with van der Waals surface area (Å²) in [5, 5.41) is 13.2. The highest BCUT2D eigenvalue weighted by Gasteiger charge is 2.33. The van der Waals surface area contributed by atoms with Crippen molar-refractivity contribution in [3.63, 3.8) is 0 Å². The monoisotopic (exact) mass is 1890 g/mol. The summed E-state index contributed by atoms with van der Waals surface area (Å²) in [6.45, 7) is 88.6. The number of aryl methyl sites for hydroxylation is 2. The van der Waals surface area contributed by atoms with E-state index in [2.05, 4.69) is 280 Å². The Morgan fingerprint density at radius 2 is 0.862 bits per heavy atom. The van der Waals surface area contributed by atoms with Crippen LogP contribution < -0.4 is 16.0 Å². The van der Waals surface area contributed by atoms with Crippen molar-refractivity contribution in [2.45, 2.75) is 481 Å². The number of benzene rings is 1. The highest BCUT2D eigenvalue weighted by atomic mass is 33.1. The van der Waals surface area contributed by atoms with Crippen LogP contribution in [0.15, 0.2) is 60.0 Å². The van der Waals surface area contributed by atoms with E-state index >= 15 is 0 Å². The van der Waals surface area contributed by atoms with Crippen LogP contribution in [0.3, 0.4) is 0 Å². The molecule has 19 heteroatoms. The fourth-order valence-electron chi connectivity index (χ4n) is 12.0. The Hall–Kier alpha value is -4.39. The molecule has 1 aromatic rings. The van der Waals surface area contributed by atoms with E-state index in [9.17, 15) is 37.2 Å². The zero-order chi connectivity index (χ0) is 102. The van der Waals surface area contributed by atoms with E-state index in [1.54, 1.807) is 7.11 Å². The number of carbonyl (C=O) groups is 6. The van der Waals surface area contributed by atoms with E-state index in [1.165, 1.54) is 169 Å².